The summed E-state index contributed by atoms with van der Waals surface area (Å²) < 4.78 is 20.3. The first-order valence-corrected chi connectivity index (χ1v) is 7.15. The van der Waals surface area contributed by atoms with E-state index < -0.39 is 0 Å². The van der Waals surface area contributed by atoms with Crippen LogP contribution in [0.25, 0.3) is 11.1 Å². The Kier molecular flexibility index (Phi) is 6.48. The Morgan fingerprint density at radius 1 is 0.750 bits per heavy atom. The molecule has 0 bridgehead atoms. The lowest BCUT2D eigenvalue weighted by molar-refractivity contribution is 0.0503. The molecule has 0 heterocycles. The van der Waals surface area contributed by atoms with Crippen molar-refractivity contribution in [3.63, 3.8) is 0 Å². The molecule has 0 fully saturated rings. The van der Waals surface area contributed by atoms with Crippen molar-refractivity contribution in [2.24, 2.45) is 0 Å². The highest BCUT2D eigenvalue weighted by atomic mass is 16.7. The van der Waals surface area contributed by atoms with Crippen LogP contribution in [-0.2, 0) is 9.47 Å². The summed E-state index contributed by atoms with van der Waals surface area (Å²) in [5, 5.41) is 0. The van der Waals surface area contributed by atoms with E-state index >= 15 is 0 Å². The third kappa shape index (κ3) is 4.18. The number of aldehydes is 2. The maximum absolute atomic E-state index is 11.3. The number of rotatable bonds is 9. The highest BCUT2D eigenvalue weighted by Gasteiger charge is 2.09. The Balaban J connectivity index is 2.33. The van der Waals surface area contributed by atoms with Gasteiger partial charge in [-0.05, 0) is 35.4 Å². The third-order valence-corrected chi connectivity index (χ3v) is 3.27. The Morgan fingerprint density at radius 3 is 1.50 bits per heavy atom. The Labute approximate surface area is 139 Å². The van der Waals surface area contributed by atoms with Gasteiger partial charge in [-0.25, -0.2) is 0 Å². The minimum Gasteiger partial charge on any atom is -0.467 e. The molecule has 0 aliphatic carbocycles. The molecule has 0 aromatic heterocycles. The van der Waals surface area contributed by atoms with Crippen LogP contribution in [0.3, 0.4) is 0 Å². The van der Waals surface area contributed by atoms with Gasteiger partial charge in [-0.15, -0.1) is 0 Å². The molecule has 0 saturated heterocycles. The molecule has 6 heteroatoms. The van der Waals surface area contributed by atoms with Crippen molar-refractivity contribution in [3.8, 4) is 22.6 Å². The SMILES string of the molecule is COCOc1ccc(-c2ccc(OCOC)c(C=O)c2)cc1C=O. The zero-order valence-corrected chi connectivity index (χ0v) is 13.5. The molecule has 0 aliphatic heterocycles. The summed E-state index contributed by atoms with van der Waals surface area (Å²) in [5.41, 5.74) is 2.36. The van der Waals surface area contributed by atoms with Gasteiger partial charge in [0.1, 0.15) is 11.5 Å². The molecular formula is C18H18O6. The summed E-state index contributed by atoms with van der Waals surface area (Å²) in [6, 6.07) is 10.4. The molecule has 0 aliphatic rings. The summed E-state index contributed by atoms with van der Waals surface area (Å²) in [6.45, 7) is 0.113. The standard InChI is InChI=1S/C18H18O6/c1-21-11-23-17-5-3-13(7-15(17)9-19)14-4-6-18(24-12-22-2)16(8-14)10-20/h3-10H,11-12H2,1-2H3. The van der Waals surface area contributed by atoms with Gasteiger partial charge in [0.2, 0.25) is 0 Å². The van der Waals surface area contributed by atoms with Crippen molar-refractivity contribution in [1.29, 1.82) is 0 Å². The number of carbonyl (C=O) groups is 2. The van der Waals surface area contributed by atoms with Crippen LogP contribution in [0.1, 0.15) is 20.7 Å². The van der Waals surface area contributed by atoms with Crippen LogP contribution < -0.4 is 9.47 Å². The quantitative estimate of drug-likeness (QED) is 0.520. The van der Waals surface area contributed by atoms with E-state index in [-0.39, 0.29) is 13.6 Å². The lowest BCUT2D eigenvalue weighted by Crippen LogP contribution is -2.02. The van der Waals surface area contributed by atoms with Crippen LogP contribution in [0.5, 0.6) is 11.5 Å². The van der Waals surface area contributed by atoms with E-state index in [1.54, 1.807) is 36.4 Å². The van der Waals surface area contributed by atoms with Crippen LogP contribution >= 0.6 is 0 Å². The molecule has 2 rings (SSSR count). The Morgan fingerprint density at radius 2 is 1.17 bits per heavy atom. The summed E-state index contributed by atoms with van der Waals surface area (Å²) >= 11 is 0. The zero-order valence-electron chi connectivity index (χ0n) is 13.5. The van der Waals surface area contributed by atoms with Crippen LogP contribution in [-0.4, -0.2) is 40.4 Å². The molecule has 2 aromatic rings. The van der Waals surface area contributed by atoms with Gasteiger partial charge in [0, 0.05) is 14.2 Å². The minimum atomic E-state index is 0.0566. The van der Waals surface area contributed by atoms with Crippen molar-refractivity contribution in [2.45, 2.75) is 0 Å². The van der Waals surface area contributed by atoms with E-state index in [2.05, 4.69) is 0 Å². The second-order valence-corrected chi connectivity index (χ2v) is 4.84. The second kappa shape index (κ2) is 8.81. The van der Waals surface area contributed by atoms with Gasteiger partial charge in [0.25, 0.3) is 0 Å². The highest BCUT2D eigenvalue weighted by molar-refractivity contribution is 5.86. The molecule has 126 valence electrons. The molecule has 0 atom stereocenters. The van der Waals surface area contributed by atoms with Crippen molar-refractivity contribution < 1.29 is 28.5 Å². The molecule has 0 saturated carbocycles. The van der Waals surface area contributed by atoms with Gasteiger partial charge >= 0.3 is 0 Å². The molecule has 0 unspecified atom stereocenters. The minimum absolute atomic E-state index is 0.0566. The molecule has 24 heavy (non-hydrogen) atoms. The smallest absolute Gasteiger partial charge is 0.188 e. The van der Waals surface area contributed by atoms with Crippen molar-refractivity contribution in [3.05, 3.63) is 47.5 Å². The fraction of sp³-hybridized carbons (Fsp3) is 0.222. The molecule has 2 aromatic carbocycles. The average molecular weight is 330 g/mol. The van der Waals surface area contributed by atoms with Gasteiger partial charge in [0.05, 0.1) is 11.1 Å². The van der Waals surface area contributed by atoms with Crippen LogP contribution in [0.15, 0.2) is 36.4 Å². The number of carbonyl (C=O) groups excluding carboxylic acids is 2. The fourth-order valence-corrected chi connectivity index (χ4v) is 2.15. The number of ether oxygens (including phenoxy) is 4. The van der Waals surface area contributed by atoms with Gasteiger partial charge in [-0.2, -0.15) is 0 Å². The zero-order chi connectivity index (χ0) is 17.4. The average Bonchev–Trinajstić information content (AvgIpc) is 2.64. The predicted octanol–water partition coefficient (Wildman–Crippen LogP) is 2.94. The van der Waals surface area contributed by atoms with Crippen LogP contribution in [0, 0.1) is 0 Å². The van der Waals surface area contributed by atoms with Crippen molar-refractivity contribution in [1.82, 2.24) is 0 Å². The van der Waals surface area contributed by atoms with E-state index in [0.29, 0.717) is 35.2 Å². The molecule has 0 amide bonds. The monoisotopic (exact) mass is 330 g/mol. The molecule has 0 spiro atoms. The molecular weight excluding hydrogens is 312 g/mol. The number of methoxy groups -OCH3 is 2. The Bertz CT molecular complexity index is 649. The first kappa shape index (κ1) is 17.7. The number of hydrogen-bond donors (Lipinski definition) is 0. The Hall–Kier alpha value is -2.70. The van der Waals surface area contributed by atoms with E-state index in [9.17, 15) is 9.59 Å². The van der Waals surface area contributed by atoms with E-state index in [1.807, 2.05) is 0 Å². The highest BCUT2D eigenvalue weighted by Crippen LogP contribution is 2.29. The summed E-state index contributed by atoms with van der Waals surface area (Å²) in [4.78, 5) is 22.5. The largest absolute Gasteiger partial charge is 0.467 e. The van der Waals surface area contributed by atoms with Crippen LogP contribution in [0.2, 0.25) is 0 Å². The van der Waals surface area contributed by atoms with Crippen molar-refractivity contribution >= 4 is 12.6 Å². The topological polar surface area (TPSA) is 71.1 Å². The first-order valence-electron chi connectivity index (χ1n) is 7.15. The summed E-state index contributed by atoms with van der Waals surface area (Å²) in [5.74, 6) is 0.873. The van der Waals surface area contributed by atoms with Crippen LogP contribution in [0.4, 0.5) is 0 Å². The predicted molar refractivity (Wildman–Crippen MR) is 87.7 cm³/mol. The molecule has 0 radical (unpaired) electrons. The van der Waals surface area contributed by atoms with Crippen molar-refractivity contribution in [2.75, 3.05) is 27.8 Å². The lowest BCUT2D eigenvalue weighted by atomic mass is 10.0. The maximum Gasteiger partial charge on any atom is 0.188 e. The van der Waals surface area contributed by atoms with Gasteiger partial charge in [0.15, 0.2) is 26.2 Å². The van der Waals surface area contributed by atoms with E-state index in [0.717, 1.165) is 11.1 Å². The van der Waals surface area contributed by atoms with Gasteiger partial charge in [-0.1, -0.05) is 12.1 Å². The first-order chi connectivity index (χ1) is 11.7. The number of hydrogen-bond acceptors (Lipinski definition) is 6. The van der Waals surface area contributed by atoms with Gasteiger partial charge < -0.3 is 18.9 Å². The fourth-order valence-electron chi connectivity index (χ4n) is 2.15. The lowest BCUT2D eigenvalue weighted by Gasteiger charge is -2.11. The summed E-state index contributed by atoms with van der Waals surface area (Å²) in [7, 11) is 3.01. The van der Waals surface area contributed by atoms with Gasteiger partial charge in [-0.3, -0.25) is 9.59 Å². The summed E-state index contributed by atoms with van der Waals surface area (Å²) in [6.07, 6.45) is 1.43. The van der Waals surface area contributed by atoms with E-state index in [1.165, 1.54) is 14.2 Å². The second-order valence-electron chi connectivity index (χ2n) is 4.84. The normalized spacial score (nSPS) is 10.2. The maximum atomic E-state index is 11.3. The number of benzene rings is 2. The molecule has 0 N–H and O–H groups in total. The molecule has 6 nitrogen and oxygen atoms in total. The van der Waals surface area contributed by atoms with E-state index in [4.69, 9.17) is 18.9 Å². The third-order valence-electron chi connectivity index (χ3n) is 3.27.